The van der Waals surface area contributed by atoms with Gasteiger partial charge < -0.3 is 20.3 Å². The van der Waals surface area contributed by atoms with Gasteiger partial charge >= 0.3 is 6.09 Å². The lowest BCUT2D eigenvalue weighted by molar-refractivity contribution is -0.149. The van der Waals surface area contributed by atoms with Gasteiger partial charge in [-0.1, -0.05) is 51.2 Å². The van der Waals surface area contributed by atoms with E-state index in [0.717, 1.165) is 25.7 Å². The lowest BCUT2D eigenvalue weighted by Crippen LogP contribution is -2.60. The third-order valence-electron chi connectivity index (χ3n) is 6.42. The van der Waals surface area contributed by atoms with Gasteiger partial charge in [0.1, 0.15) is 17.7 Å². The van der Waals surface area contributed by atoms with Crippen LogP contribution in [0.5, 0.6) is 0 Å². The maximum atomic E-state index is 14.2. The minimum atomic E-state index is -0.900. The zero-order valence-corrected chi connectivity index (χ0v) is 23.8. The van der Waals surface area contributed by atoms with E-state index in [0.29, 0.717) is 11.1 Å². The fourth-order valence-electron chi connectivity index (χ4n) is 4.65. The maximum absolute atomic E-state index is 14.2. The van der Waals surface area contributed by atoms with Crippen LogP contribution in [0.25, 0.3) is 0 Å². The molecule has 1 aromatic carbocycles. The summed E-state index contributed by atoms with van der Waals surface area (Å²) in [5.41, 5.74) is -0.0931. The van der Waals surface area contributed by atoms with Crippen molar-refractivity contribution >= 4 is 17.9 Å². The van der Waals surface area contributed by atoms with E-state index in [1.807, 2.05) is 34.6 Å². The monoisotopic (exact) mass is 511 g/mol. The van der Waals surface area contributed by atoms with Crippen LogP contribution < -0.4 is 10.6 Å². The molecule has 1 aliphatic rings. The molecule has 1 aliphatic carbocycles. The van der Waals surface area contributed by atoms with Crippen molar-refractivity contribution < 1.29 is 19.1 Å². The van der Waals surface area contributed by atoms with Crippen LogP contribution in [0.3, 0.4) is 0 Å². The normalized spacial score (nSPS) is 16.3. The highest BCUT2D eigenvalue weighted by Crippen LogP contribution is 2.32. The van der Waals surface area contributed by atoms with Gasteiger partial charge in [-0.05, 0) is 78.0 Å². The largest absolute Gasteiger partial charge is 0.444 e. The first-order valence-corrected chi connectivity index (χ1v) is 13.3. The number of nitrogens with one attached hydrogen (secondary N) is 2. The molecule has 204 valence electrons. The average molecular weight is 512 g/mol. The van der Waals surface area contributed by atoms with E-state index in [-0.39, 0.29) is 23.8 Å². The topological polar surface area (TPSA) is 87.7 Å². The summed E-state index contributed by atoms with van der Waals surface area (Å²) in [6, 6.07) is 5.45. The Kier molecular flexibility index (Phi) is 10.2. The Hall–Kier alpha value is -3.01. The Morgan fingerprint density at radius 1 is 1.00 bits per heavy atom. The van der Waals surface area contributed by atoms with Crippen LogP contribution >= 0.6 is 0 Å². The molecule has 0 saturated heterocycles. The van der Waals surface area contributed by atoms with Crippen LogP contribution in [0, 0.1) is 18.3 Å². The number of alkyl carbamates (subject to hydrolysis) is 1. The molecule has 37 heavy (non-hydrogen) atoms. The lowest BCUT2D eigenvalue weighted by atomic mass is 9.91. The van der Waals surface area contributed by atoms with E-state index in [2.05, 4.69) is 16.6 Å². The molecule has 0 bridgehead atoms. The number of benzene rings is 1. The highest BCUT2D eigenvalue weighted by Gasteiger charge is 2.43. The highest BCUT2D eigenvalue weighted by atomic mass is 16.6. The highest BCUT2D eigenvalue weighted by molar-refractivity contribution is 5.93. The Balaban J connectivity index is 2.51. The number of nitrogens with zero attached hydrogens (tertiary/aromatic N) is 1. The molecule has 1 saturated carbocycles. The van der Waals surface area contributed by atoms with E-state index in [1.54, 1.807) is 49.9 Å². The van der Waals surface area contributed by atoms with E-state index in [4.69, 9.17) is 11.2 Å². The van der Waals surface area contributed by atoms with Gasteiger partial charge in [0.15, 0.2) is 0 Å². The number of terminal acetylenes is 1. The predicted octanol–water partition coefficient (Wildman–Crippen LogP) is 5.33. The second-order valence-corrected chi connectivity index (χ2v) is 12.3. The van der Waals surface area contributed by atoms with Gasteiger partial charge in [0.2, 0.25) is 11.8 Å². The fraction of sp³-hybridized carbons (Fsp3) is 0.633. The summed E-state index contributed by atoms with van der Waals surface area (Å²) in [4.78, 5) is 42.4. The van der Waals surface area contributed by atoms with Crippen LogP contribution in [0.1, 0.15) is 105 Å². The van der Waals surface area contributed by atoms with E-state index in [9.17, 15) is 14.4 Å². The van der Waals surface area contributed by atoms with Gasteiger partial charge in [-0.2, -0.15) is 0 Å². The molecule has 0 radical (unpaired) electrons. The van der Waals surface area contributed by atoms with Crippen molar-refractivity contribution in [3.8, 4) is 12.3 Å². The summed E-state index contributed by atoms with van der Waals surface area (Å²) in [7, 11) is 0. The molecule has 0 spiro atoms. The number of ether oxygens (including phenoxy) is 1. The van der Waals surface area contributed by atoms with Gasteiger partial charge in [0.05, 0.1) is 0 Å². The maximum Gasteiger partial charge on any atom is 0.408 e. The van der Waals surface area contributed by atoms with Crippen molar-refractivity contribution in [1.82, 2.24) is 15.5 Å². The number of rotatable bonds is 7. The van der Waals surface area contributed by atoms with Gasteiger partial charge in [0.25, 0.3) is 0 Å². The van der Waals surface area contributed by atoms with Crippen molar-refractivity contribution in [2.45, 2.75) is 117 Å². The lowest BCUT2D eigenvalue weighted by Gasteiger charge is -2.44. The zero-order chi connectivity index (χ0) is 28.0. The summed E-state index contributed by atoms with van der Waals surface area (Å²) in [5.74, 6) is 1.78. The molecule has 0 aliphatic heterocycles. The minimum Gasteiger partial charge on any atom is -0.444 e. The number of hydrogen-bond acceptors (Lipinski definition) is 4. The van der Waals surface area contributed by atoms with Gasteiger partial charge in [-0.25, -0.2) is 4.79 Å². The Morgan fingerprint density at radius 2 is 1.57 bits per heavy atom. The summed E-state index contributed by atoms with van der Waals surface area (Å²) in [6.45, 7) is 14.7. The smallest absolute Gasteiger partial charge is 0.408 e. The molecule has 2 unspecified atom stereocenters. The Labute approximate surface area is 223 Å². The first-order chi connectivity index (χ1) is 17.1. The second-order valence-electron chi connectivity index (χ2n) is 12.3. The SMILES string of the molecule is C#Cc1ccc(C(C(=O)NC2CCCCC2)N(C(=O)C(NC(=O)OC(C)(C)C)C(C)C)C(C)(C)C)cc1. The third kappa shape index (κ3) is 8.80. The molecule has 2 atom stereocenters. The second kappa shape index (κ2) is 12.5. The molecule has 7 nitrogen and oxygen atoms in total. The summed E-state index contributed by atoms with van der Waals surface area (Å²) in [6.07, 6.45) is 10.0. The van der Waals surface area contributed by atoms with Gasteiger partial charge in [0, 0.05) is 17.1 Å². The fourth-order valence-corrected chi connectivity index (χ4v) is 4.65. The summed E-state index contributed by atoms with van der Waals surface area (Å²) < 4.78 is 5.43. The summed E-state index contributed by atoms with van der Waals surface area (Å²) >= 11 is 0. The number of carbonyl (C=O) groups is 3. The standard InChI is InChI=1S/C30H45N3O4/c1-10-21-16-18-22(19-17-21)25(26(34)31-23-14-12-11-13-15-23)33(29(4,5)6)27(35)24(20(2)3)32-28(36)37-30(7,8)9/h1,16-20,23-25H,11-15H2,2-9H3,(H,31,34)(H,32,36). The number of carbonyl (C=O) groups excluding carboxylic acids is 3. The Bertz CT molecular complexity index is 974. The average Bonchev–Trinajstić information content (AvgIpc) is 2.79. The molecule has 0 aromatic heterocycles. The van der Waals surface area contributed by atoms with Crippen molar-refractivity contribution in [1.29, 1.82) is 0 Å². The van der Waals surface area contributed by atoms with Crippen LogP contribution in [-0.2, 0) is 14.3 Å². The van der Waals surface area contributed by atoms with Gasteiger partial charge in [-0.3, -0.25) is 9.59 Å². The molecule has 2 N–H and O–H groups in total. The third-order valence-corrected chi connectivity index (χ3v) is 6.42. The molecule has 7 heteroatoms. The Morgan fingerprint density at radius 3 is 2.03 bits per heavy atom. The van der Waals surface area contributed by atoms with Crippen molar-refractivity contribution in [3.63, 3.8) is 0 Å². The van der Waals surface area contributed by atoms with Crippen LogP contribution in [-0.4, -0.2) is 46.0 Å². The van der Waals surface area contributed by atoms with E-state index in [1.165, 1.54) is 6.42 Å². The van der Waals surface area contributed by atoms with Crippen LogP contribution in [0.2, 0.25) is 0 Å². The van der Waals surface area contributed by atoms with E-state index < -0.39 is 29.3 Å². The summed E-state index contributed by atoms with van der Waals surface area (Å²) in [5, 5.41) is 5.97. The molecule has 1 fully saturated rings. The molecule has 2 rings (SSSR count). The van der Waals surface area contributed by atoms with E-state index >= 15 is 0 Å². The van der Waals surface area contributed by atoms with Crippen molar-refractivity contribution in [3.05, 3.63) is 35.4 Å². The first kappa shape index (κ1) is 30.2. The quantitative estimate of drug-likeness (QED) is 0.484. The zero-order valence-electron chi connectivity index (χ0n) is 23.8. The van der Waals surface area contributed by atoms with Crippen LogP contribution in [0.15, 0.2) is 24.3 Å². The molecule has 0 heterocycles. The number of amides is 3. The molecule has 3 amide bonds. The van der Waals surface area contributed by atoms with Gasteiger partial charge in [-0.15, -0.1) is 6.42 Å². The molecular formula is C30H45N3O4. The predicted molar refractivity (Wildman–Crippen MR) is 147 cm³/mol. The number of hydrogen-bond donors (Lipinski definition) is 2. The molecular weight excluding hydrogens is 466 g/mol. The van der Waals surface area contributed by atoms with Crippen molar-refractivity contribution in [2.75, 3.05) is 0 Å². The van der Waals surface area contributed by atoms with Crippen molar-refractivity contribution in [2.24, 2.45) is 5.92 Å². The molecule has 1 aromatic rings. The minimum absolute atomic E-state index is 0.0754. The first-order valence-electron chi connectivity index (χ1n) is 13.3. The van der Waals surface area contributed by atoms with Crippen LogP contribution in [0.4, 0.5) is 4.79 Å².